The number of aliphatic hydroxyl groups excluding tert-OH is 1. The van der Waals surface area contributed by atoms with Gasteiger partial charge in [0.1, 0.15) is 12.0 Å². The molecule has 0 aromatic carbocycles. The standard InChI is InChI=1S/C22H32F2N6O/c1-2-15(24)12-27-22-28-14-19(20-9-6-17(13-26-20)25-11-3-10-23)21(30-22)29-16-4-7-18(31)8-5-16/h6,9,13-16,18,25,31H,2-5,7-8,10-12H2,1H3,(H2,27,28,29,30)/t15-,16?,18?/m0/s1. The van der Waals surface area contributed by atoms with Gasteiger partial charge in [0.25, 0.3) is 0 Å². The molecule has 2 aromatic heterocycles. The summed E-state index contributed by atoms with van der Waals surface area (Å²) in [6.45, 7) is 2.14. The van der Waals surface area contributed by atoms with Gasteiger partial charge in [0, 0.05) is 25.3 Å². The van der Waals surface area contributed by atoms with E-state index in [1.165, 1.54) is 0 Å². The molecule has 0 saturated heterocycles. The minimum Gasteiger partial charge on any atom is -0.393 e. The van der Waals surface area contributed by atoms with Crippen LogP contribution in [0.4, 0.5) is 26.2 Å². The molecule has 1 fully saturated rings. The minimum absolute atomic E-state index is 0.155. The summed E-state index contributed by atoms with van der Waals surface area (Å²) < 4.78 is 25.9. The molecule has 0 bridgehead atoms. The van der Waals surface area contributed by atoms with E-state index >= 15 is 0 Å². The van der Waals surface area contributed by atoms with Crippen LogP contribution in [0.3, 0.4) is 0 Å². The maximum absolute atomic E-state index is 13.6. The van der Waals surface area contributed by atoms with Gasteiger partial charge in [-0.1, -0.05) is 6.92 Å². The Hall–Kier alpha value is -2.55. The summed E-state index contributed by atoms with van der Waals surface area (Å²) in [6.07, 6.45) is 6.27. The highest BCUT2D eigenvalue weighted by Crippen LogP contribution is 2.29. The number of rotatable bonds is 11. The first-order valence-electron chi connectivity index (χ1n) is 11.0. The zero-order chi connectivity index (χ0) is 22.1. The van der Waals surface area contributed by atoms with Gasteiger partial charge in [-0.15, -0.1) is 0 Å². The van der Waals surface area contributed by atoms with Gasteiger partial charge >= 0.3 is 0 Å². The zero-order valence-corrected chi connectivity index (χ0v) is 18.0. The Morgan fingerprint density at radius 3 is 2.61 bits per heavy atom. The molecule has 1 aliphatic rings. The highest BCUT2D eigenvalue weighted by atomic mass is 19.1. The van der Waals surface area contributed by atoms with Crippen molar-refractivity contribution in [3.05, 3.63) is 24.5 Å². The van der Waals surface area contributed by atoms with Crippen molar-refractivity contribution >= 4 is 17.5 Å². The van der Waals surface area contributed by atoms with Gasteiger partial charge in [0.05, 0.1) is 35.9 Å². The topological polar surface area (TPSA) is 95.0 Å². The van der Waals surface area contributed by atoms with Crippen LogP contribution in [0.2, 0.25) is 0 Å². The van der Waals surface area contributed by atoms with Gasteiger partial charge in [0.2, 0.25) is 5.95 Å². The number of hydrogen-bond donors (Lipinski definition) is 4. The highest BCUT2D eigenvalue weighted by Gasteiger charge is 2.21. The summed E-state index contributed by atoms with van der Waals surface area (Å²) in [5.74, 6) is 0.999. The van der Waals surface area contributed by atoms with Gasteiger partial charge in [-0.3, -0.25) is 9.37 Å². The molecule has 0 spiro atoms. The van der Waals surface area contributed by atoms with Crippen molar-refractivity contribution in [1.82, 2.24) is 15.0 Å². The molecule has 3 rings (SSSR count). The summed E-state index contributed by atoms with van der Waals surface area (Å²) in [5.41, 5.74) is 2.28. The lowest BCUT2D eigenvalue weighted by atomic mass is 9.93. The maximum atomic E-state index is 13.6. The van der Waals surface area contributed by atoms with Crippen molar-refractivity contribution in [2.45, 2.75) is 63.8 Å². The van der Waals surface area contributed by atoms with Gasteiger partial charge in [0.15, 0.2) is 0 Å². The second-order valence-corrected chi connectivity index (χ2v) is 7.89. The molecule has 4 N–H and O–H groups in total. The van der Waals surface area contributed by atoms with E-state index in [0.717, 1.165) is 36.9 Å². The van der Waals surface area contributed by atoms with Gasteiger partial charge in [-0.05, 0) is 50.7 Å². The lowest BCUT2D eigenvalue weighted by molar-refractivity contribution is 0.126. The number of alkyl halides is 2. The van der Waals surface area contributed by atoms with Gasteiger partial charge in [-0.2, -0.15) is 4.98 Å². The van der Waals surface area contributed by atoms with E-state index in [4.69, 9.17) is 0 Å². The number of halogens is 2. The first kappa shape index (κ1) is 23.1. The SMILES string of the molecule is CC[C@H](F)CNc1ncc(-c2ccc(NCCCF)cn2)c(NC2CCC(O)CC2)n1. The van der Waals surface area contributed by atoms with Crippen LogP contribution in [-0.4, -0.2) is 58.1 Å². The van der Waals surface area contributed by atoms with Crippen LogP contribution in [0, 0.1) is 0 Å². The summed E-state index contributed by atoms with van der Waals surface area (Å²) >= 11 is 0. The van der Waals surface area contributed by atoms with Crippen molar-refractivity contribution in [3.63, 3.8) is 0 Å². The number of aliphatic hydroxyl groups is 1. The van der Waals surface area contributed by atoms with Crippen molar-refractivity contribution in [2.75, 3.05) is 35.7 Å². The van der Waals surface area contributed by atoms with Crippen LogP contribution >= 0.6 is 0 Å². The molecule has 7 nitrogen and oxygen atoms in total. The van der Waals surface area contributed by atoms with E-state index in [1.807, 2.05) is 12.1 Å². The molecular formula is C22H32F2N6O. The summed E-state index contributed by atoms with van der Waals surface area (Å²) in [4.78, 5) is 13.4. The lowest BCUT2D eigenvalue weighted by Crippen LogP contribution is -2.29. The van der Waals surface area contributed by atoms with Crippen LogP contribution in [0.15, 0.2) is 24.5 Å². The molecule has 170 valence electrons. The van der Waals surface area contributed by atoms with E-state index in [1.54, 1.807) is 19.3 Å². The van der Waals surface area contributed by atoms with Crippen LogP contribution in [0.25, 0.3) is 11.3 Å². The van der Waals surface area contributed by atoms with Crippen LogP contribution < -0.4 is 16.0 Å². The van der Waals surface area contributed by atoms with E-state index in [0.29, 0.717) is 36.8 Å². The third kappa shape index (κ3) is 6.99. The molecule has 31 heavy (non-hydrogen) atoms. The Balaban J connectivity index is 1.78. The fraction of sp³-hybridized carbons (Fsp3) is 0.591. The third-order valence-corrected chi connectivity index (χ3v) is 5.43. The van der Waals surface area contributed by atoms with E-state index < -0.39 is 6.17 Å². The fourth-order valence-electron chi connectivity index (χ4n) is 3.48. The minimum atomic E-state index is -0.960. The predicted octanol–water partition coefficient (Wildman–Crippen LogP) is 4.19. The van der Waals surface area contributed by atoms with Crippen molar-refractivity contribution in [1.29, 1.82) is 0 Å². The lowest BCUT2D eigenvalue weighted by Gasteiger charge is -2.27. The molecule has 0 unspecified atom stereocenters. The van der Waals surface area contributed by atoms with Crippen molar-refractivity contribution in [2.24, 2.45) is 0 Å². The monoisotopic (exact) mass is 434 g/mol. The number of nitrogens with one attached hydrogen (secondary N) is 3. The predicted molar refractivity (Wildman–Crippen MR) is 120 cm³/mol. The largest absolute Gasteiger partial charge is 0.393 e. The molecule has 1 saturated carbocycles. The smallest absolute Gasteiger partial charge is 0.224 e. The third-order valence-electron chi connectivity index (χ3n) is 5.43. The van der Waals surface area contributed by atoms with Crippen LogP contribution in [0.5, 0.6) is 0 Å². The number of nitrogens with zero attached hydrogens (tertiary/aromatic N) is 3. The summed E-state index contributed by atoms with van der Waals surface area (Å²) in [5, 5.41) is 19.3. The van der Waals surface area contributed by atoms with Gasteiger partial charge < -0.3 is 21.1 Å². The average Bonchev–Trinajstić information content (AvgIpc) is 2.80. The van der Waals surface area contributed by atoms with Crippen molar-refractivity contribution in [3.8, 4) is 11.3 Å². The Labute approximate surface area is 182 Å². The van der Waals surface area contributed by atoms with E-state index in [9.17, 15) is 13.9 Å². The molecule has 1 aliphatic carbocycles. The molecule has 0 aliphatic heterocycles. The molecule has 0 amide bonds. The molecule has 1 atom stereocenters. The molecule has 2 aromatic rings. The van der Waals surface area contributed by atoms with E-state index in [-0.39, 0.29) is 25.4 Å². The average molecular weight is 435 g/mol. The molecule has 0 radical (unpaired) electrons. The Kier molecular flexibility index (Phi) is 8.75. The Morgan fingerprint density at radius 1 is 1.13 bits per heavy atom. The molecular weight excluding hydrogens is 402 g/mol. The summed E-state index contributed by atoms with van der Waals surface area (Å²) in [6, 6.07) is 3.95. The normalized spacial score (nSPS) is 19.6. The van der Waals surface area contributed by atoms with Crippen molar-refractivity contribution < 1.29 is 13.9 Å². The van der Waals surface area contributed by atoms with Crippen LogP contribution in [0.1, 0.15) is 45.4 Å². The molecule has 2 heterocycles. The number of hydrogen-bond acceptors (Lipinski definition) is 7. The second-order valence-electron chi connectivity index (χ2n) is 7.89. The zero-order valence-electron chi connectivity index (χ0n) is 18.0. The number of pyridine rings is 1. The Bertz CT molecular complexity index is 799. The van der Waals surface area contributed by atoms with E-state index in [2.05, 4.69) is 30.9 Å². The quantitative estimate of drug-likeness (QED) is 0.394. The molecule has 9 heteroatoms. The first-order chi connectivity index (χ1) is 15.1. The number of anilines is 3. The Morgan fingerprint density at radius 2 is 1.94 bits per heavy atom. The summed E-state index contributed by atoms with van der Waals surface area (Å²) in [7, 11) is 0. The van der Waals surface area contributed by atoms with Gasteiger partial charge in [-0.25, -0.2) is 9.37 Å². The highest BCUT2D eigenvalue weighted by molar-refractivity contribution is 5.73. The number of aromatic nitrogens is 3. The fourth-order valence-corrected chi connectivity index (χ4v) is 3.48. The first-order valence-corrected chi connectivity index (χ1v) is 11.0. The maximum Gasteiger partial charge on any atom is 0.224 e. The van der Waals surface area contributed by atoms with Crippen LogP contribution in [-0.2, 0) is 0 Å². The second kappa shape index (κ2) is 11.7.